The van der Waals surface area contributed by atoms with Crippen molar-refractivity contribution in [3.8, 4) is 6.07 Å². The zero-order valence-electron chi connectivity index (χ0n) is 16.4. The van der Waals surface area contributed by atoms with E-state index in [1.54, 1.807) is 6.20 Å². The largest absolute Gasteiger partial charge is 0.372 e. The van der Waals surface area contributed by atoms with Gasteiger partial charge in [0.15, 0.2) is 0 Å². The van der Waals surface area contributed by atoms with Crippen LogP contribution < -0.4 is 5.32 Å². The van der Waals surface area contributed by atoms with E-state index in [2.05, 4.69) is 32.2 Å². The first-order valence-corrected chi connectivity index (χ1v) is 9.16. The first kappa shape index (κ1) is 20.3. The van der Waals surface area contributed by atoms with Gasteiger partial charge < -0.3 is 10.2 Å². The molecule has 0 atom stereocenters. The third-order valence-corrected chi connectivity index (χ3v) is 4.39. The SMILES string of the molecule is CCN(/C=C(/C#N)C(=O)NC(c1ccccc1)c1ccccc1)C(C)(C)C. The Balaban J connectivity index is 2.34. The third kappa shape index (κ3) is 5.46. The number of hydrogen-bond acceptors (Lipinski definition) is 3. The van der Waals surface area contributed by atoms with Crippen molar-refractivity contribution in [3.05, 3.63) is 83.6 Å². The van der Waals surface area contributed by atoms with Gasteiger partial charge in [-0.15, -0.1) is 0 Å². The van der Waals surface area contributed by atoms with E-state index in [9.17, 15) is 10.1 Å². The van der Waals surface area contributed by atoms with Crippen molar-refractivity contribution in [1.29, 1.82) is 5.26 Å². The molecule has 0 aliphatic heterocycles. The molecule has 27 heavy (non-hydrogen) atoms. The van der Waals surface area contributed by atoms with Gasteiger partial charge in [0.2, 0.25) is 0 Å². The molecule has 2 aromatic rings. The van der Waals surface area contributed by atoms with E-state index in [1.165, 1.54) is 0 Å². The van der Waals surface area contributed by atoms with Gasteiger partial charge in [-0.05, 0) is 38.8 Å². The first-order chi connectivity index (χ1) is 12.9. The Kier molecular flexibility index (Phi) is 6.79. The lowest BCUT2D eigenvalue weighted by atomic mass is 9.98. The van der Waals surface area contributed by atoms with Crippen LogP contribution >= 0.6 is 0 Å². The molecule has 0 spiro atoms. The van der Waals surface area contributed by atoms with Crippen LogP contribution in [-0.4, -0.2) is 22.9 Å². The van der Waals surface area contributed by atoms with Crippen molar-refractivity contribution >= 4 is 5.91 Å². The summed E-state index contributed by atoms with van der Waals surface area (Å²) in [7, 11) is 0. The van der Waals surface area contributed by atoms with Gasteiger partial charge in [-0.2, -0.15) is 5.26 Å². The maximum Gasteiger partial charge on any atom is 0.264 e. The fraction of sp³-hybridized carbons (Fsp3) is 0.304. The highest BCUT2D eigenvalue weighted by Gasteiger charge is 2.22. The summed E-state index contributed by atoms with van der Waals surface area (Å²) in [5.74, 6) is -0.377. The first-order valence-electron chi connectivity index (χ1n) is 9.16. The van der Waals surface area contributed by atoms with Crippen LogP contribution in [0.3, 0.4) is 0 Å². The molecule has 1 N–H and O–H groups in total. The van der Waals surface area contributed by atoms with Crippen LogP contribution in [0.1, 0.15) is 44.9 Å². The molecular formula is C23H27N3O. The van der Waals surface area contributed by atoms with Crippen molar-refractivity contribution in [2.24, 2.45) is 0 Å². The van der Waals surface area contributed by atoms with Crippen molar-refractivity contribution in [3.63, 3.8) is 0 Å². The molecule has 0 bridgehead atoms. The molecule has 0 aliphatic rings. The quantitative estimate of drug-likeness (QED) is 0.612. The standard InChI is InChI=1S/C23H27N3O/c1-5-26(23(2,3)4)17-20(16-24)22(27)25-21(18-12-8-6-9-13-18)19-14-10-7-11-15-19/h6-15,17,21H,5H2,1-4H3,(H,25,27)/b20-17-. The Labute approximate surface area is 162 Å². The van der Waals surface area contributed by atoms with Crippen LogP contribution in [0.25, 0.3) is 0 Å². The Morgan fingerprint density at radius 3 is 1.93 bits per heavy atom. The Morgan fingerprint density at radius 1 is 1.07 bits per heavy atom. The van der Waals surface area contributed by atoms with Crippen molar-refractivity contribution in [1.82, 2.24) is 10.2 Å². The smallest absolute Gasteiger partial charge is 0.264 e. The van der Waals surface area contributed by atoms with Gasteiger partial charge in [0.1, 0.15) is 11.6 Å². The van der Waals surface area contributed by atoms with E-state index < -0.39 is 0 Å². The van der Waals surface area contributed by atoms with Gasteiger partial charge in [0.25, 0.3) is 5.91 Å². The van der Waals surface area contributed by atoms with E-state index in [4.69, 9.17) is 0 Å². The number of nitriles is 1. The molecular weight excluding hydrogens is 334 g/mol. The normalized spacial score (nSPS) is 11.8. The minimum Gasteiger partial charge on any atom is -0.372 e. The van der Waals surface area contributed by atoms with Crippen LogP contribution in [0.5, 0.6) is 0 Å². The van der Waals surface area contributed by atoms with Gasteiger partial charge in [0.05, 0.1) is 6.04 Å². The monoisotopic (exact) mass is 361 g/mol. The molecule has 0 aromatic heterocycles. The number of carbonyl (C=O) groups is 1. The lowest BCUT2D eigenvalue weighted by Gasteiger charge is -2.34. The number of hydrogen-bond donors (Lipinski definition) is 1. The van der Waals surface area contributed by atoms with E-state index in [-0.39, 0.29) is 23.1 Å². The summed E-state index contributed by atoms with van der Waals surface area (Å²) in [5, 5.41) is 12.6. The van der Waals surface area contributed by atoms with E-state index in [1.807, 2.05) is 72.5 Å². The molecule has 0 aliphatic carbocycles. The Morgan fingerprint density at radius 2 is 1.56 bits per heavy atom. The van der Waals surface area contributed by atoms with Crippen molar-refractivity contribution in [2.45, 2.75) is 39.3 Å². The van der Waals surface area contributed by atoms with E-state index >= 15 is 0 Å². The van der Waals surface area contributed by atoms with Crippen LogP contribution in [0, 0.1) is 11.3 Å². The molecule has 0 fully saturated rings. The molecule has 4 heteroatoms. The highest BCUT2D eigenvalue weighted by molar-refractivity contribution is 5.97. The van der Waals surface area contributed by atoms with Crippen LogP contribution in [0.15, 0.2) is 72.4 Å². The lowest BCUT2D eigenvalue weighted by molar-refractivity contribution is -0.117. The van der Waals surface area contributed by atoms with Crippen LogP contribution in [0.4, 0.5) is 0 Å². The summed E-state index contributed by atoms with van der Waals surface area (Å²) in [6.45, 7) is 8.87. The fourth-order valence-corrected chi connectivity index (χ4v) is 2.91. The van der Waals surface area contributed by atoms with Gasteiger partial charge in [-0.25, -0.2) is 0 Å². The van der Waals surface area contributed by atoms with Gasteiger partial charge in [-0.3, -0.25) is 4.79 Å². The number of benzene rings is 2. The summed E-state index contributed by atoms with van der Waals surface area (Å²) < 4.78 is 0. The third-order valence-electron chi connectivity index (χ3n) is 4.39. The number of amides is 1. The molecule has 140 valence electrons. The second kappa shape index (κ2) is 9.05. The number of carbonyl (C=O) groups excluding carboxylic acids is 1. The topological polar surface area (TPSA) is 56.1 Å². The minimum atomic E-state index is -0.377. The van der Waals surface area contributed by atoms with E-state index in [0.29, 0.717) is 6.54 Å². The fourth-order valence-electron chi connectivity index (χ4n) is 2.91. The minimum absolute atomic E-state index is 0.101. The Bertz CT molecular complexity index is 775. The summed E-state index contributed by atoms with van der Waals surface area (Å²) in [6.07, 6.45) is 1.66. The number of nitrogens with one attached hydrogen (secondary N) is 1. The molecule has 1 amide bonds. The average molecular weight is 361 g/mol. The molecule has 0 saturated carbocycles. The summed E-state index contributed by atoms with van der Waals surface area (Å²) >= 11 is 0. The molecule has 0 unspecified atom stereocenters. The zero-order chi connectivity index (χ0) is 19.9. The summed E-state index contributed by atoms with van der Waals surface area (Å²) in [5.41, 5.74) is 1.87. The highest BCUT2D eigenvalue weighted by Crippen LogP contribution is 2.22. The predicted molar refractivity (Wildman–Crippen MR) is 109 cm³/mol. The molecule has 4 nitrogen and oxygen atoms in total. The van der Waals surface area contributed by atoms with Crippen molar-refractivity contribution < 1.29 is 4.79 Å². The number of rotatable bonds is 6. The van der Waals surface area contributed by atoms with Crippen LogP contribution in [-0.2, 0) is 4.79 Å². The highest BCUT2D eigenvalue weighted by atomic mass is 16.1. The second-order valence-corrected chi connectivity index (χ2v) is 7.34. The summed E-state index contributed by atoms with van der Waals surface area (Å²) in [4.78, 5) is 14.9. The molecule has 0 saturated heterocycles. The second-order valence-electron chi connectivity index (χ2n) is 7.34. The maximum absolute atomic E-state index is 12.9. The number of nitrogens with zero attached hydrogens (tertiary/aromatic N) is 2. The van der Waals surface area contributed by atoms with Crippen LogP contribution in [0.2, 0.25) is 0 Å². The van der Waals surface area contributed by atoms with Gasteiger partial charge >= 0.3 is 0 Å². The zero-order valence-corrected chi connectivity index (χ0v) is 16.4. The molecule has 2 rings (SSSR count). The van der Waals surface area contributed by atoms with Crippen molar-refractivity contribution in [2.75, 3.05) is 6.54 Å². The average Bonchev–Trinajstić information content (AvgIpc) is 2.67. The maximum atomic E-state index is 12.9. The summed E-state index contributed by atoms with van der Waals surface area (Å²) in [6, 6.07) is 21.3. The molecule has 2 aromatic carbocycles. The Hall–Kier alpha value is -3.06. The van der Waals surface area contributed by atoms with Gasteiger partial charge in [0, 0.05) is 18.3 Å². The molecule has 0 heterocycles. The van der Waals surface area contributed by atoms with Gasteiger partial charge in [-0.1, -0.05) is 60.7 Å². The molecule has 0 radical (unpaired) electrons. The van der Waals surface area contributed by atoms with E-state index in [0.717, 1.165) is 11.1 Å². The predicted octanol–water partition coefficient (Wildman–Crippen LogP) is 4.42. The lowest BCUT2D eigenvalue weighted by Crippen LogP contribution is -2.38.